The smallest absolute Gasteiger partial charge is 0.303 e. The predicted octanol–water partition coefficient (Wildman–Crippen LogP) is 2.03. The summed E-state index contributed by atoms with van der Waals surface area (Å²) in [5, 5.41) is 11.2. The van der Waals surface area contributed by atoms with Crippen molar-refractivity contribution in [1.82, 2.24) is 0 Å². The lowest BCUT2D eigenvalue weighted by atomic mass is 9.81. The van der Waals surface area contributed by atoms with Gasteiger partial charge >= 0.3 is 5.97 Å². The normalized spacial score (nSPS) is 29.2. The second kappa shape index (κ2) is 6.23. The van der Waals surface area contributed by atoms with Gasteiger partial charge in [0.2, 0.25) is 17.7 Å². The Balaban J connectivity index is 1.46. The molecule has 0 radical (unpaired) electrons. The fraction of sp³-hybridized carbons (Fsp3) is 0.474. The second-order valence-electron chi connectivity index (χ2n) is 7.39. The van der Waals surface area contributed by atoms with Gasteiger partial charge in [-0.25, -0.2) is 0 Å². The fourth-order valence-corrected chi connectivity index (χ4v) is 4.80. The van der Waals surface area contributed by atoms with Gasteiger partial charge < -0.3 is 10.4 Å². The van der Waals surface area contributed by atoms with E-state index in [1.165, 1.54) is 4.90 Å². The summed E-state index contributed by atoms with van der Waals surface area (Å²) < 4.78 is 0. The monoisotopic (exact) mass is 356 g/mol. The molecule has 7 heteroatoms. The minimum atomic E-state index is -1.03. The summed E-state index contributed by atoms with van der Waals surface area (Å²) in [6.07, 6.45) is 2.75. The number of nitrogens with zero attached hydrogens (tertiary/aromatic N) is 1. The van der Waals surface area contributed by atoms with Gasteiger partial charge in [0, 0.05) is 12.1 Å². The van der Waals surface area contributed by atoms with Crippen LogP contribution in [-0.2, 0) is 19.2 Å². The van der Waals surface area contributed by atoms with Crippen molar-refractivity contribution in [1.29, 1.82) is 0 Å². The molecule has 2 bridgehead atoms. The number of carbonyl (C=O) groups excluding carboxylic acids is 3. The van der Waals surface area contributed by atoms with Gasteiger partial charge in [0.15, 0.2) is 0 Å². The van der Waals surface area contributed by atoms with E-state index in [0.29, 0.717) is 23.2 Å². The number of aliphatic carboxylic acids is 1. The summed E-state index contributed by atoms with van der Waals surface area (Å²) in [7, 11) is 0. The molecule has 3 aliphatic rings. The van der Waals surface area contributed by atoms with Crippen LogP contribution < -0.4 is 10.2 Å². The zero-order chi connectivity index (χ0) is 18.4. The number of carboxylic acid groups (broad SMARTS) is 1. The molecule has 4 atom stereocenters. The molecule has 1 heterocycles. The van der Waals surface area contributed by atoms with Crippen molar-refractivity contribution in [3.63, 3.8) is 0 Å². The fourth-order valence-electron chi connectivity index (χ4n) is 4.80. The van der Waals surface area contributed by atoms with E-state index in [1.54, 1.807) is 24.3 Å². The first-order valence-electron chi connectivity index (χ1n) is 8.95. The average molecular weight is 356 g/mol. The molecular formula is C19H20N2O5. The van der Waals surface area contributed by atoms with Gasteiger partial charge in [0.05, 0.1) is 23.9 Å². The minimum absolute atomic E-state index is 0.0922. The number of anilines is 2. The van der Waals surface area contributed by atoms with Crippen LogP contribution in [0.3, 0.4) is 0 Å². The Bertz CT molecular complexity index is 760. The molecule has 2 aliphatic carbocycles. The number of fused-ring (bicyclic) bond motifs is 5. The van der Waals surface area contributed by atoms with E-state index >= 15 is 0 Å². The lowest BCUT2D eigenvalue weighted by Gasteiger charge is -2.19. The van der Waals surface area contributed by atoms with Crippen molar-refractivity contribution in [2.75, 3.05) is 10.2 Å². The van der Waals surface area contributed by atoms with E-state index in [2.05, 4.69) is 5.32 Å². The number of carboxylic acids is 1. The van der Waals surface area contributed by atoms with E-state index in [9.17, 15) is 19.2 Å². The third kappa shape index (κ3) is 2.67. The van der Waals surface area contributed by atoms with Gasteiger partial charge in [0.25, 0.3) is 0 Å². The zero-order valence-electron chi connectivity index (χ0n) is 14.2. The Labute approximate surface area is 150 Å². The quantitative estimate of drug-likeness (QED) is 0.786. The summed E-state index contributed by atoms with van der Waals surface area (Å²) in [4.78, 5) is 49.0. The molecule has 26 heavy (non-hydrogen) atoms. The van der Waals surface area contributed by atoms with Crippen LogP contribution in [0, 0.1) is 23.7 Å². The van der Waals surface area contributed by atoms with Crippen LogP contribution in [0.25, 0.3) is 0 Å². The molecule has 0 spiro atoms. The molecule has 7 nitrogen and oxygen atoms in total. The number of benzene rings is 1. The summed E-state index contributed by atoms with van der Waals surface area (Å²) in [5.74, 6) is -1.22. The molecule has 136 valence electrons. The highest BCUT2D eigenvalue weighted by Crippen LogP contribution is 2.56. The second-order valence-corrected chi connectivity index (χ2v) is 7.39. The zero-order valence-corrected chi connectivity index (χ0v) is 14.2. The maximum atomic E-state index is 12.8. The maximum Gasteiger partial charge on any atom is 0.303 e. The van der Waals surface area contributed by atoms with Crippen LogP contribution in [0.1, 0.15) is 32.1 Å². The standard InChI is InChI=1S/C19H20N2O5/c22-14(7-8-15(23)24)20-12-3-5-13(6-4-12)21-18(25)16-10-1-2-11(9-10)17(16)19(21)26/h3-6,10-11,16-17H,1-2,7-9H2,(H,20,22)(H,23,24)/t10-,11+,16+,17-. The lowest BCUT2D eigenvalue weighted by molar-refractivity contribution is -0.138. The molecule has 3 amide bonds. The van der Waals surface area contributed by atoms with Crippen molar-refractivity contribution in [3.05, 3.63) is 24.3 Å². The van der Waals surface area contributed by atoms with Gasteiger partial charge in [-0.1, -0.05) is 0 Å². The van der Waals surface area contributed by atoms with Gasteiger partial charge in [-0.15, -0.1) is 0 Å². The highest BCUT2D eigenvalue weighted by molar-refractivity contribution is 6.22. The molecule has 1 aromatic carbocycles. The lowest BCUT2D eigenvalue weighted by Crippen LogP contribution is -2.32. The molecule has 4 rings (SSSR count). The van der Waals surface area contributed by atoms with Crippen LogP contribution in [0.15, 0.2) is 24.3 Å². The van der Waals surface area contributed by atoms with Crippen molar-refractivity contribution < 1.29 is 24.3 Å². The number of carbonyl (C=O) groups is 4. The van der Waals surface area contributed by atoms with E-state index in [0.717, 1.165) is 19.3 Å². The number of imide groups is 1. The summed E-state index contributed by atoms with van der Waals surface area (Å²) in [6, 6.07) is 6.53. The van der Waals surface area contributed by atoms with Gasteiger partial charge in [-0.05, 0) is 55.4 Å². The van der Waals surface area contributed by atoms with Gasteiger partial charge in [-0.3, -0.25) is 24.1 Å². The highest BCUT2D eigenvalue weighted by atomic mass is 16.4. The average Bonchev–Trinajstić information content (AvgIpc) is 3.28. The molecule has 3 fully saturated rings. The molecule has 2 N–H and O–H groups in total. The van der Waals surface area contributed by atoms with Crippen molar-refractivity contribution >= 4 is 35.1 Å². The molecule has 1 saturated heterocycles. The minimum Gasteiger partial charge on any atom is -0.481 e. The number of nitrogens with one attached hydrogen (secondary N) is 1. The Morgan fingerprint density at radius 3 is 2.12 bits per heavy atom. The topological polar surface area (TPSA) is 104 Å². The summed E-state index contributed by atoms with van der Waals surface area (Å²) in [5.41, 5.74) is 1.03. The first-order chi connectivity index (χ1) is 12.5. The van der Waals surface area contributed by atoms with Crippen LogP contribution in [0.5, 0.6) is 0 Å². The predicted molar refractivity (Wildman–Crippen MR) is 92.2 cm³/mol. The first kappa shape index (κ1) is 16.8. The van der Waals surface area contributed by atoms with Gasteiger partial charge in [0.1, 0.15) is 0 Å². The van der Waals surface area contributed by atoms with Crippen LogP contribution in [0.2, 0.25) is 0 Å². The molecule has 1 aromatic rings. The van der Waals surface area contributed by atoms with Crippen molar-refractivity contribution in [3.8, 4) is 0 Å². The Morgan fingerprint density at radius 1 is 1.00 bits per heavy atom. The molecular weight excluding hydrogens is 336 g/mol. The number of hydrogen-bond acceptors (Lipinski definition) is 4. The van der Waals surface area contributed by atoms with E-state index in [1.807, 2.05) is 0 Å². The number of hydrogen-bond donors (Lipinski definition) is 2. The summed E-state index contributed by atoms with van der Waals surface area (Å²) >= 11 is 0. The van der Waals surface area contributed by atoms with Crippen LogP contribution in [-0.4, -0.2) is 28.8 Å². The number of rotatable bonds is 5. The van der Waals surface area contributed by atoms with Crippen molar-refractivity contribution in [2.24, 2.45) is 23.7 Å². The first-order valence-corrected chi connectivity index (χ1v) is 8.95. The van der Waals surface area contributed by atoms with E-state index in [4.69, 9.17) is 5.11 Å². The van der Waals surface area contributed by atoms with Crippen molar-refractivity contribution in [2.45, 2.75) is 32.1 Å². The number of amides is 3. The van der Waals surface area contributed by atoms with Gasteiger partial charge in [-0.2, -0.15) is 0 Å². The van der Waals surface area contributed by atoms with E-state index < -0.39 is 5.97 Å². The highest BCUT2D eigenvalue weighted by Gasteiger charge is 2.61. The largest absolute Gasteiger partial charge is 0.481 e. The molecule has 0 aromatic heterocycles. The third-order valence-electron chi connectivity index (χ3n) is 5.90. The maximum absolute atomic E-state index is 12.8. The molecule has 1 aliphatic heterocycles. The SMILES string of the molecule is O=C(O)CCC(=O)Nc1ccc(N2C(=O)[C@@H]3[C@H]4CC[C@H](C4)[C@@H]3C2=O)cc1. The Kier molecular flexibility index (Phi) is 4.01. The summed E-state index contributed by atoms with van der Waals surface area (Å²) in [6.45, 7) is 0. The molecule has 0 unspecified atom stereocenters. The van der Waals surface area contributed by atoms with E-state index in [-0.39, 0.29) is 42.4 Å². The van der Waals surface area contributed by atoms with Crippen LogP contribution >= 0.6 is 0 Å². The molecule has 2 saturated carbocycles. The Hall–Kier alpha value is -2.70. The Morgan fingerprint density at radius 2 is 1.58 bits per heavy atom. The third-order valence-corrected chi connectivity index (χ3v) is 5.90. The van der Waals surface area contributed by atoms with Crippen LogP contribution in [0.4, 0.5) is 11.4 Å².